The number of alkyl halides is 3. The average molecular weight is 449 g/mol. The zero-order chi connectivity index (χ0) is 21.9. The molecule has 11 heteroatoms. The van der Waals surface area contributed by atoms with Crippen LogP contribution in [0.15, 0.2) is 12.3 Å². The van der Waals surface area contributed by atoms with Gasteiger partial charge in [-0.1, -0.05) is 0 Å². The van der Waals surface area contributed by atoms with Gasteiger partial charge >= 0.3 is 6.18 Å². The van der Waals surface area contributed by atoms with E-state index in [1.54, 1.807) is 0 Å². The number of carbonyl (C=O) groups is 1. The van der Waals surface area contributed by atoms with Crippen molar-refractivity contribution in [1.29, 1.82) is 0 Å². The van der Waals surface area contributed by atoms with Gasteiger partial charge in [0, 0.05) is 37.8 Å². The van der Waals surface area contributed by atoms with Crippen molar-refractivity contribution < 1.29 is 30.8 Å². The van der Waals surface area contributed by atoms with E-state index in [1.165, 1.54) is 0 Å². The standard InChI is InChI=1S/C18H21F4N3O2S.CH2O/c19-14-2-13(18(20,21)22)5-23-15(14)1-12-3-16(4-12)6-24(7-16)25-8-17(9-25)10-28(26,27)11-17;1-2/h2,5,12H,1,3-4,6-11H2;1H2. The summed E-state index contributed by atoms with van der Waals surface area (Å²) < 4.78 is 74.5. The molecule has 3 aliphatic heterocycles. The first-order chi connectivity index (χ1) is 14.0. The molecule has 1 aliphatic carbocycles. The third kappa shape index (κ3) is 3.75. The lowest BCUT2D eigenvalue weighted by molar-refractivity contribution is -0.242. The first-order valence-corrected chi connectivity index (χ1v) is 11.5. The Kier molecular flexibility index (Phi) is 5.02. The molecule has 0 amide bonds. The molecule has 4 aliphatic rings. The van der Waals surface area contributed by atoms with Gasteiger partial charge in [-0.05, 0) is 36.7 Å². The molecule has 0 N–H and O–H groups in total. The van der Waals surface area contributed by atoms with E-state index < -0.39 is 27.4 Å². The summed E-state index contributed by atoms with van der Waals surface area (Å²) in [5, 5.41) is 4.49. The van der Waals surface area contributed by atoms with Gasteiger partial charge in [-0.2, -0.15) is 13.2 Å². The van der Waals surface area contributed by atoms with Gasteiger partial charge in [0.25, 0.3) is 0 Å². The molecule has 166 valence electrons. The van der Waals surface area contributed by atoms with Crippen LogP contribution < -0.4 is 0 Å². The molecule has 0 unspecified atom stereocenters. The first-order valence-electron chi connectivity index (χ1n) is 9.67. The smallest absolute Gasteiger partial charge is 0.307 e. The van der Waals surface area contributed by atoms with E-state index in [-0.39, 0.29) is 22.4 Å². The Morgan fingerprint density at radius 1 is 1.07 bits per heavy atom. The van der Waals surface area contributed by atoms with Gasteiger partial charge in [0.1, 0.15) is 12.6 Å². The predicted molar refractivity (Wildman–Crippen MR) is 99.4 cm³/mol. The van der Waals surface area contributed by atoms with Crippen LogP contribution in [0.4, 0.5) is 17.6 Å². The molecule has 30 heavy (non-hydrogen) atoms. The van der Waals surface area contributed by atoms with Crippen molar-refractivity contribution in [2.24, 2.45) is 16.7 Å². The van der Waals surface area contributed by atoms with Gasteiger partial charge in [0.05, 0.1) is 22.8 Å². The van der Waals surface area contributed by atoms with Crippen LogP contribution in [0, 0.1) is 22.6 Å². The lowest BCUT2D eigenvalue weighted by Crippen LogP contribution is -2.77. The molecule has 1 aromatic rings. The maximum Gasteiger partial charge on any atom is 0.417 e. The topological polar surface area (TPSA) is 70.6 Å². The van der Waals surface area contributed by atoms with Crippen LogP contribution in [0.5, 0.6) is 0 Å². The molecule has 5 rings (SSSR count). The van der Waals surface area contributed by atoms with Crippen LogP contribution in [0.2, 0.25) is 0 Å². The van der Waals surface area contributed by atoms with Crippen molar-refractivity contribution in [1.82, 2.24) is 15.0 Å². The fourth-order valence-corrected chi connectivity index (χ4v) is 7.69. The number of sulfone groups is 1. The summed E-state index contributed by atoms with van der Waals surface area (Å²) in [5.41, 5.74) is -0.739. The third-order valence-corrected chi connectivity index (χ3v) is 8.80. The molecule has 0 aromatic carbocycles. The normalized spacial score (nSPS) is 26.7. The van der Waals surface area contributed by atoms with Crippen LogP contribution in [0.25, 0.3) is 0 Å². The molecule has 0 atom stereocenters. The minimum Gasteiger partial charge on any atom is -0.307 e. The number of halogens is 4. The van der Waals surface area contributed by atoms with E-state index in [0.29, 0.717) is 30.2 Å². The van der Waals surface area contributed by atoms with Gasteiger partial charge in [-0.15, -0.1) is 0 Å². The molecule has 4 fully saturated rings. The van der Waals surface area contributed by atoms with Crippen LogP contribution in [0.3, 0.4) is 0 Å². The fourth-order valence-electron chi connectivity index (χ4n) is 5.54. The largest absolute Gasteiger partial charge is 0.417 e. The molecular weight excluding hydrogens is 426 g/mol. The number of hydrogen-bond acceptors (Lipinski definition) is 6. The molecule has 6 nitrogen and oxygen atoms in total. The van der Waals surface area contributed by atoms with Gasteiger partial charge in [0.2, 0.25) is 0 Å². The molecule has 2 spiro atoms. The third-order valence-electron chi connectivity index (χ3n) is 6.69. The molecular formula is C19H23F4N3O3S. The second-order valence-electron chi connectivity index (χ2n) is 9.31. The Hall–Kier alpha value is -1.59. The Labute approximate surface area is 172 Å². The second-order valence-corrected chi connectivity index (χ2v) is 11.4. The highest BCUT2D eigenvalue weighted by Crippen LogP contribution is 2.55. The summed E-state index contributed by atoms with van der Waals surface area (Å²) in [5.74, 6) is -0.0142. The summed E-state index contributed by atoms with van der Waals surface area (Å²) in [4.78, 5) is 11.7. The highest BCUT2D eigenvalue weighted by atomic mass is 32.2. The fraction of sp³-hybridized carbons (Fsp3) is 0.684. The minimum absolute atomic E-state index is 0.0183. The number of nitrogens with zero attached hydrogens (tertiary/aromatic N) is 3. The lowest BCUT2D eigenvalue weighted by atomic mass is 9.57. The Balaban J connectivity index is 0.00000106. The summed E-state index contributed by atoms with van der Waals surface area (Å²) >= 11 is 0. The zero-order valence-electron chi connectivity index (χ0n) is 16.3. The summed E-state index contributed by atoms with van der Waals surface area (Å²) in [6.07, 6.45) is -1.64. The van der Waals surface area contributed by atoms with E-state index in [1.807, 2.05) is 6.79 Å². The van der Waals surface area contributed by atoms with Crippen molar-refractivity contribution >= 4 is 16.6 Å². The molecule has 1 aromatic heterocycles. The molecule has 1 saturated carbocycles. The molecule has 3 saturated heterocycles. The summed E-state index contributed by atoms with van der Waals surface area (Å²) in [6.45, 7) is 5.48. The van der Waals surface area contributed by atoms with Crippen molar-refractivity contribution in [2.75, 3.05) is 37.7 Å². The molecule has 0 radical (unpaired) electrons. The highest BCUT2D eigenvalue weighted by Gasteiger charge is 2.61. The maximum absolute atomic E-state index is 14.0. The van der Waals surface area contributed by atoms with E-state index >= 15 is 0 Å². The summed E-state index contributed by atoms with van der Waals surface area (Å²) in [7, 11) is -2.80. The minimum atomic E-state index is -4.58. The summed E-state index contributed by atoms with van der Waals surface area (Å²) in [6, 6.07) is 0.530. The van der Waals surface area contributed by atoms with E-state index in [2.05, 4.69) is 15.0 Å². The Morgan fingerprint density at radius 3 is 2.07 bits per heavy atom. The van der Waals surface area contributed by atoms with Gasteiger partial charge in [0.15, 0.2) is 9.84 Å². The van der Waals surface area contributed by atoms with Crippen molar-refractivity contribution in [2.45, 2.75) is 25.4 Å². The van der Waals surface area contributed by atoms with E-state index in [9.17, 15) is 26.0 Å². The number of hydrogen-bond donors (Lipinski definition) is 0. The van der Waals surface area contributed by atoms with Crippen molar-refractivity contribution in [3.8, 4) is 0 Å². The van der Waals surface area contributed by atoms with Crippen LogP contribution in [-0.4, -0.2) is 67.9 Å². The van der Waals surface area contributed by atoms with E-state index in [0.717, 1.165) is 39.0 Å². The van der Waals surface area contributed by atoms with Crippen LogP contribution in [-0.2, 0) is 27.2 Å². The van der Waals surface area contributed by atoms with Gasteiger partial charge in [-0.25, -0.2) is 22.8 Å². The Bertz CT molecular complexity index is 919. The van der Waals surface area contributed by atoms with Crippen molar-refractivity contribution in [3.63, 3.8) is 0 Å². The first kappa shape index (κ1) is 21.6. The number of carbonyl (C=O) groups excluding carboxylic acids is 1. The maximum atomic E-state index is 14.0. The number of pyridine rings is 1. The van der Waals surface area contributed by atoms with Crippen LogP contribution >= 0.6 is 0 Å². The quantitative estimate of drug-likeness (QED) is 0.657. The second kappa shape index (κ2) is 6.96. The van der Waals surface area contributed by atoms with Gasteiger partial charge < -0.3 is 4.79 Å². The van der Waals surface area contributed by atoms with Crippen LogP contribution in [0.1, 0.15) is 24.1 Å². The SMILES string of the molecule is C=O.O=S1(=O)CC2(CN(N3CC4(CC(Cc5ncc(C(F)(F)F)cc5F)C4)C3)C2)C1. The number of rotatable bonds is 3. The van der Waals surface area contributed by atoms with Gasteiger partial charge in [-0.3, -0.25) is 4.98 Å². The lowest BCUT2D eigenvalue weighted by Gasteiger charge is -2.66. The monoisotopic (exact) mass is 449 g/mol. The number of aromatic nitrogens is 1. The van der Waals surface area contributed by atoms with E-state index in [4.69, 9.17) is 4.79 Å². The number of hydrazine groups is 1. The molecule has 4 heterocycles. The average Bonchev–Trinajstić information content (AvgIpc) is 2.53. The zero-order valence-corrected chi connectivity index (χ0v) is 17.1. The highest BCUT2D eigenvalue weighted by molar-refractivity contribution is 7.92. The Morgan fingerprint density at radius 2 is 1.60 bits per heavy atom. The molecule has 0 bridgehead atoms. The van der Waals surface area contributed by atoms with Crippen molar-refractivity contribution in [3.05, 3.63) is 29.3 Å². The predicted octanol–water partition coefficient (Wildman–Crippen LogP) is 1.95.